The molecule has 4 rings (SSSR count). The van der Waals surface area contributed by atoms with E-state index in [0.29, 0.717) is 28.0 Å². The molecular formula is C22H16O6. The number of methoxy groups -OCH3 is 1. The Kier molecular flexibility index (Phi) is 4.45. The van der Waals surface area contributed by atoms with Crippen LogP contribution in [0.1, 0.15) is 11.7 Å². The van der Waals surface area contributed by atoms with Crippen molar-refractivity contribution in [2.75, 3.05) is 7.11 Å². The molecule has 0 unspecified atom stereocenters. The molecule has 6 heteroatoms. The van der Waals surface area contributed by atoms with E-state index < -0.39 is 17.7 Å². The van der Waals surface area contributed by atoms with Gasteiger partial charge in [0.2, 0.25) is 6.10 Å². The minimum Gasteiger partial charge on any atom is -0.497 e. The fourth-order valence-corrected chi connectivity index (χ4v) is 3.12. The topological polar surface area (TPSA) is 86.0 Å². The van der Waals surface area contributed by atoms with Crippen LogP contribution in [-0.2, 0) is 4.79 Å². The third-order valence-corrected chi connectivity index (χ3v) is 4.47. The summed E-state index contributed by atoms with van der Waals surface area (Å²) in [5, 5.41) is 11.4. The zero-order chi connectivity index (χ0) is 19.7. The number of carbonyl (C=O) groups is 1. The molecule has 1 heterocycles. The van der Waals surface area contributed by atoms with E-state index in [1.165, 1.54) is 13.2 Å². The molecule has 3 aromatic carbocycles. The maximum Gasteiger partial charge on any atom is 0.349 e. The number of fused-ring (bicyclic) bond motifs is 3. The van der Waals surface area contributed by atoms with Crippen LogP contribution >= 0.6 is 0 Å². The Morgan fingerprint density at radius 3 is 2.36 bits per heavy atom. The molecule has 0 saturated heterocycles. The molecule has 0 radical (unpaired) electrons. The average molecular weight is 376 g/mol. The Bertz CT molecular complexity index is 1230. The van der Waals surface area contributed by atoms with Crippen LogP contribution in [0.15, 0.2) is 75.9 Å². The molecule has 0 aliphatic heterocycles. The quantitative estimate of drug-likeness (QED) is 0.416. The molecule has 0 amide bonds. The van der Waals surface area contributed by atoms with Gasteiger partial charge in [0.05, 0.1) is 12.5 Å². The highest BCUT2D eigenvalue weighted by atomic mass is 16.5. The van der Waals surface area contributed by atoms with Crippen molar-refractivity contribution in [3.8, 4) is 11.5 Å². The first kappa shape index (κ1) is 17.6. The molecular weight excluding hydrogens is 360 g/mol. The predicted octanol–water partition coefficient (Wildman–Crippen LogP) is 4.16. The lowest BCUT2D eigenvalue weighted by atomic mass is 10.1. The molecule has 4 aromatic rings. The Hall–Kier alpha value is -3.80. The lowest BCUT2D eigenvalue weighted by Gasteiger charge is -2.16. The molecule has 0 fully saturated rings. The van der Waals surface area contributed by atoms with Crippen LogP contribution in [0.4, 0.5) is 0 Å². The summed E-state index contributed by atoms with van der Waals surface area (Å²) in [5.41, 5.74) is 0.330. The fourth-order valence-electron chi connectivity index (χ4n) is 3.12. The van der Waals surface area contributed by atoms with E-state index in [0.717, 1.165) is 10.8 Å². The van der Waals surface area contributed by atoms with E-state index in [-0.39, 0.29) is 0 Å². The van der Waals surface area contributed by atoms with E-state index in [1.807, 2.05) is 0 Å². The van der Waals surface area contributed by atoms with Crippen LogP contribution in [0, 0.1) is 0 Å². The van der Waals surface area contributed by atoms with Gasteiger partial charge in [-0.05, 0) is 30.3 Å². The average Bonchev–Trinajstić information content (AvgIpc) is 2.72. The molecule has 0 saturated carbocycles. The van der Waals surface area contributed by atoms with Crippen molar-refractivity contribution in [2.24, 2.45) is 0 Å². The minimum atomic E-state index is -1.17. The largest absolute Gasteiger partial charge is 0.497 e. The number of benzene rings is 3. The molecule has 140 valence electrons. The summed E-state index contributed by atoms with van der Waals surface area (Å²) >= 11 is 0. The number of hydrogen-bond donors (Lipinski definition) is 1. The Morgan fingerprint density at radius 2 is 1.64 bits per heavy atom. The highest BCUT2D eigenvalue weighted by Gasteiger charge is 2.22. The third-order valence-electron chi connectivity index (χ3n) is 4.47. The molecule has 1 atom stereocenters. The predicted molar refractivity (Wildman–Crippen MR) is 104 cm³/mol. The van der Waals surface area contributed by atoms with E-state index in [9.17, 15) is 14.7 Å². The number of rotatable bonds is 5. The van der Waals surface area contributed by atoms with E-state index in [4.69, 9.17) is 13.9 Å². The lowest BCUT2D eigenvalue weighted by Crippen LogP contribution is -2.18. The lowest BCUT2D eigenvalue weighted by molar-refractivity contribution is -0.145. The smallest absolute Gasteiger partial charge is 0.349 e. The summed E-state index contributed by atoms with van der Waals surface area (Å²) in [6, 6.07) is 18.8. The van der Waals surface area contributed by atoms with Gasteiger partial charge in [-0.25, -0.2) is 9.59 Å². The van der Waals surface area contributed by atoms with Gasteiger partial charge < -0.3 is 19.0 Å². The first-order valence-corrected chi connectivity index (χ1v) is 8.56. The molecule has 0 bridgehead atoms. The Balaban J connectivity index is 1.78. The second kappa shape index (κ2) is 7.08. The minimum absolute atomic E-state index is 0.291. The van der Waals surface area contributed by atoms with Crippen molar-refractivity contribution in [2.45, 2.75) is 6.10 Å². The number of hydrogen-bond acceptors (Lipinski definition) is 5. The molecule has 28 heavy (non-hydrogen) atoms. The SMILES string of the molecule is COc1ccc2c(c1)c(=O)oc1cc(O[C@H](C(=O)O)c3ccccc3)ccc12. The summed E-state index contributed by atoms with van der Waals surface area (Å²) in [4.78, 5) is 24.0. The zero-order valence-electron chi connectivity index (χ0n) is 14.9. The van der Waals surface area contributed by atoms with Gasteiger partial charge in [-0.15, -0.1) is 0 Å². The van der Waals surface area contributed by atoms with Gasteiger partial charge >= 0.3 is 11.6 Å². The molecule has 1 aromatic heterocycles. The summed E-state index contributed by atoms with van der Waals surface area (Å²) < 4.78 is 16.3. The van der Waals surface area contributed by atoms with Gasteiger partial charge in [0.1, 0.15) is 17.1 Å². The van der Waals surface area contributed by atoms with Crippen LogP contribution in [-0.4, -0.2) is 18.2 Å². The van der Waals surface area contributed by atoms with Crippen LogP contribution in [0.25, 0.3) is 21.7 Å². The fraction of sp³-hybridized carbons (Fsp3) is 0.0909. The number of aliphatic carboxylic acids is 1. The van der Waals surface area contributed by atoms with Crippen LogP contribution in [0.5, 0.6) is 11.5 Å². The van der Waals surface area contributed by atoms with Gasteiger partial charge in [-0.1, -0.05) is 30.3 Å². The number of ether oxygens (including phenoxy) is 2. The summed E-state index contributed by atoms with van der Waals surface area (Å²) in [5.74, 6) is -0.260. The van der Waals surface area contributed by atoms with E-state index in [1.54, 1.807) is 60.7 Å². The van der Waals surface area contributed by atoms with Gasteiger partial charge in [0, 0.05) is 22.4 Å². The zero-order valence-corrected chi connectivity index (χ0v) is 14.9. The molecule has 0 spiro atoms. The van der Waals surface area contributed by atoms with Gasteiger partial charge in [-0.3, -0.25) is 0 Å². The number of carboxylic acids is 1. The second-order valence-electron chi connectivity index (χ2n) is 6.21. The van der Waals surface area contributed by atoms with Gasteiger partial charge in [0.25, 0.3) is 0 Å². The summed E-state index contributed by atoms with van der Waals surface area (Å²) in [7, 11) is 1.53. The van der Waals surface area contributed by atoms with Crippen molar-refractivity contribution in [3.63, 3.8) is 0 Å². The third kappa shape index (κ3) is 3.16. The Morgan fingerprint density at radius 1 is 0.929 bits per heavy atom. The van der Waals surface area contributed by atoms with Gasteiger partial charge in [0.15, 0.2) is 0 Å². The first-order valence-electron chi connectivity index (χ1n) is 8.56. The summed E-state index contributed by atoms with van der Waals surface area (Å²) in [6.45, 7) is 0. The van der Waals surface area contributed by atoms with Crippen molar-refractivity contribution >= 4 is 27.7 Å². The van der Waals surface area contributed by atoms with Gasteiger partial charge in [-0.2, -0.15) is 0 Å². The summed E-state index contributed by atoms with van der Waals surface area (Å²) in [6.07, 6.45) is -1.17. The van der Waals surface area contributed by atoms with Crippen molar-refractivity contribution in [1.29, 1.82) is 0 Å². The molecule has 0 aliphatic carbocycles. The Labute approximate surface area is 159 Å². The van der Waals surface area contributed by atoms with Crippen molar-refractivity contribution in [1.82, 2.24) is 0 Å². The van der Waals surface area contributed by atoms with Crippen molar-refractivity contribution < 1.29 is 23.8 Å². The molecule has 1 N–H and O–H groups in total. The van der Waals surface area contributed by atoms with Crippen LogP contribution in [0.2, 0.25) is 0 Å². The van der Waals surface area contributed by atoms with Crippen LogP contribution in [0.3, 0.4) is 0 Å². The maximum absolute atomic E-state index is 12.4. The molecule has 0 aliphatic rings. The highest BCUT2D eigenvalue weighted by Crippen LogP contribution is 2.30. The van der Waals surface area contributed by atoms with E-state index in [2.05, 4.69) is 0 Å². The molecule has 6 nitrogen and oxygen atoms in total. The number of carboxylic acid groups (broad SMARTS) is 1. The standard InChI is InChI=1S/C22H16O6/c1-26-14-7-9-16-17-10-8-15(12-19(17)28-22(25)18(16)11-14)27-20(21(23)24)13-5-3-2-4-6-13/h2-12,20H,1H3,(H,23,24)/t20-/m0/s1. The van der Waals surface area contributed by atoms with E-state index >= 15 is 0 Å². The second-order valence-corrected chi connectivity index (χ2v) is 6.21. The van der Waals surface area contributed by atoms with Crippen LogP contribution < -0.4 is 15.1 Å². The first-order chi connectivity index (χ1) is 13.6. The monoisotopic (exact) mass is 376 g/mol. The highest BCUT2D eigenvalue weighted by molar-refractivity contribution is 6.04. The normalized spacial score (nSPS) is 12.0. The van der Waals surface area contributed by atoms with Crippen molar-refractivity contribution in [3.05, 3.63) is 82.7 Å². The maximum atomic E-state index is 12.4.